The summed E-state index contributed by atoms with van der Waals surface area (Å²) in [5.74, 6) is -2.18. The summed E-state index contributed by atoms with van der Waals surface area (Å²) < 4.78 is 26.2. The van der Waals surface area contributed by atoms with Gasteiger partial charge < -0.3 is 11.1 Å². The van der Waals surface area contributed by atoms with Gasteiger partial charge in [-0.15, -0.1) is 0 Å². The molecule has 1 amide bonds. The lowest BCUT2D eigenvalue weighted by Gasteiger charge is -2.06. The van der Waals surface area contributed by atoms with Crippen LogP contribution in [0.25, 0.3) is 0 Å². The van der Waals surface area contributed by atoms with E-state index in [1.807, 2.05) is 0 Å². The van der Waals surface area contributed by atoms with Gasteiger partial charge in [0.1, 0.15) is 11.6 Å². The molecular formula is C12H9F2N3O. The van der Waals surface area contributed by atoms with E-state index < -0.39 is 17.7 Å². The quantitative estimate of drug-likeness (QED) is 0.633. The van der Waals surface area contributed by atoms with Crippen LogP contribution in [-0.4, -0.2) is 10.9 Å². The number of nitrogens with zero attached hydrogens (tertiary/aromatic N) is 1. The van der Waals surface area contributed by atoms with Gasteiger partial charge in [-0.05, 0) is 30.3 Å². The van der Waals surface area contributed by atoms with Crippen molar-refractivity contribution < 1.29 is 13.6 Å². The van der Waals surface area contributed by atoms with Gasteiger partial charge in [-0.2, -0.15) is 4.39 Å². The van der Waals surface area contributed by atoms with Crippen LogP contribution in [0.1, 0.15) is 10.4 Å². The summed E-state index contributed by atoms with van der Waals surface area (Å²) in [7, 11) is 0. The maximum Gasteiger partial charge on any atom is 0.259 e. The Morgan fingerprint density at radius 3 is 2.72 bits per heavy atom. The Kier molecular flexibility index (Phi) is 3.18. The van der Waals surface area contributed by atoms with Gasteiger partial charge in [-0.1, -0.05) is 6.07 Å². The summed E-state index contributed by atoms with van der Waals surface area (Å²) in [6.07, 6.45) is 0. The number of amides is 1. The number of nitrogens with two attached hydrogens (primary N) is 1. The molecule has 2 rings (SSSR count). The third kappa shape index (κ3) is 2.60. The number of hydrogen-bond donors (Lipinski definition) is 2. The average Bonchev–Trinajstić information content (AvgIpc) is 2.32. The molecule has 0 saturated heterocycles. The first kappa shape index (κ1) is 12.0. The molecule has 4 nitrogen and oxygen atoms in total. The van der Waals surface area contributed by atoms with E-state index in [4.69, 9.17) is 5.73 Å². The van der Waals surface area contributed by atoms with E-state index in [0.29, 0.717) is 0 Å². The van der Waals surface area contributed by atoms with Gasteiger partial charge in [0, 0.05) is 5.69 Å². The minimum Gasteiger partial charge on any atom is -0.399 e. The number of rotatable bonds is 2. The number of pyridine rings is 1. The first-order chi connectivity index (χ1) is 8.56. The Balaban J connectivity index is 2.24. The number of halogens is 2. The Labute approximate surface area is 101 Å². The highest BCUT2D eigenvalue weighted by atomic mass is 19.1. The number of nitrogens with one attached hydrogen (secondary N) is 1. The van der Waals surface area contributed by atoms with E-state index >= 15 is 0 Å². The van der Waals surface area contributed by atoms with Crippen LogP contribution in [0.4, 0.5) is 20.3 Å². The van der Waals surface area contributed by atoms with Crippen molar-refractivity contribution in [3.05, 3.63) is 53.7 Å². The predicted octanol–water partition coefficient (Wildman–Crippen LogP) is 2.19. The summed E-state index contributed by atoms with van der Waals surface area (Å²) >= 11 is 0. The summed E-state index contributed by atoms with van der Waals surface area (Å²) in [6, 6.07) is 7.54. The highest BCUT2D eigenvalue weighted by molar-refractivity contribution is 6.04. The average molecular weight is 249 g/mol. The van der Waals surface area contributed by atoms with E-state index in [9.17, 15) is 13.6 Å². The lowest BCUT2D eigenvalue weighted by Crippen LogP contribution is -2.15. The molecule has 0 bridgehead atoms. The van der Waals surface area contributed by atoms with E-state index in [-0.39, 0.29) is 17.1 Å². The zero-order valence-electron chi connectivity index (χ0n) is 9.15. The molecule has 1 aromatic heterocycles. The van der Waals surface area contributed by atoms with Crippen molar-refractivity contribution in [2.24, 2.45) is 0 Å². The monoisotopic (exact) mass is 249 g/mol. The SMILES string of the molecule is Nc1ccc(F)c(C(=O)Nc2cccc(F)n2)c1. The minimum atomic E-state index is -0.738. The van der Waals surface area contributed by atoms with E-state index in [1.165, 1.54) is 24.3 Å². The summed E-state index contributed by atoms with van der Waals surface area (Å²) in [6.45, 7) is 0. The van der Waals surface area contributed by atoms with E-state index in [0.717, 1.165) is 12.1 Å². The second kappa shape index (κ2) is 4.79. The molecular weight excluding hydrogens is 240 g/mol. The molecule has 2 aromatic rings. The van der Waals surface area contributed by atoms with Crippen molar-refractivity contribution in [1.29, 1.82) is 0 Å². The summed E-state index contributed by atoms with van der Waals surface area (Å²) in [4.78, 5) is 15.2. The smallest absolute Gasteiger partial charge is 0.259 e. The largest absolute Gasteiger partial charge is 0.399 e. The zero-order chi connectivity index (χ0) is 13.1. The lowest BCUT2D eigenvalue weighted by atomic mass is 10.2. The topological polar surface area (TPSA) is 68.0 Å². The Bertz CT molecular complexity index is 602. The summed E-state index contributed by atoms with van der Waals surface area (Å²) in [5.41, 5.74) is 5.50. The van der Waals surface area contributed by atoms with Gasteiger partial charge in [0.2, 0.25) is 5.95 Å². The molecule has 6 heteroatoms. The number of aromatic nitrogens is 1. The maximum atomic E-state index is 13.4. The first-order valence-electron chi connectivity index (χ1n) is 5.05. The van der Waals surface area contributed by atoms with Crippen LogP contribution in [0, 0.1) is 11.8 Å². The van der Waals surface area contributed by atoms with Gasteiger partial charge in [0.15, 0.2) is 0 Å². The fraction of sp³-hybridized carbons (Fsp3) is 0. The van der Waals surface area contributed by atoms with Crippen molar-refractivity contribution in [1.82, 2.24) is 4.98 Å². The second-order valence-corrected chi connectivity index (χ2v) is 3.54. The molecule has 0 aliphatic heterocycles. The molecule has 0 unspecified atom stereocenters. The van der Waals surface area contributed by atoms with Crippen molar-refractivity contribution >= 4 is 17.4 Å². The predicted molar refractivity (Wildman–Crippen MR) is 63.0 cm³/mol. The normalized spacial score (nSPS) is 10.1. The van der Waals surface area contributed by atoms with E-state index in [1.54, 1.807) is 0 Å². The van der Waals surface area contributed by atoms with Crippen LogP contribution in [0.3, 0.4) is 0 Å². The molecule has 0 radical (unpaired) electrons. The molecule has 92 valence electrons. The van der Waals surface area contributed by atoms with Crippen LogP contribution in [0.5, 0.6) is 0 Å². The van der Waals surface area contributed by atoms with Gasteiger partial charge >= 0.3 is 0 Å². The fourth-order valence-electron chi connectivity index (χ4n) is 1.38. The number of nitrogen functional groups attached to an aromatic ring is 1. The van der Waals surface area contributed by atoms with Crippen LogP contribution in [0.15, 0.2) is 36.4 Å². The van der Waals surface area contributed by atoms with Gasteiger partial charge in [-0.25, -0.2) is 9.37 Å². The lowest BCUT2D eigenvalue weighted by molar-refractivity contribution is 0.102. The molecule has 0 saturated carbocycles. The Morgan fingerprint density at radius 2 is 2.00 bits per heavy atom. The number of benzene rings is 1. The Hall–Kier alpha value is -2.50. The molecule has 0 spiro atoms. The highest BCUT2D eigenvalue weighted by Crippen LogP contribution is 2.14. The first-order valence-corrected chi connectivity index (χ1v) is 5.05. The number of carbonyl (C=O) groups is 1. The van der Waals surface area contributed by atoms with Crippen LogP contribution in [0.2, 0.25) is 0 Å². The third-order valence-electron chi connectivity index (χ3n) is 2.19. The van der Waals surface area contributed by atoms with Gasteiger partial charge in [-0.3, -0.25) is 4.79 Å². The number of hydrogen-bond acceptors (Lipinski definition) is 3. The van der Waals surface area contributed by atoms with Gasteiger partial charge in [0.05, 0.1) is 5.56 Å². The minimum absolute atomic E-state index is 0.00169. The molecule has 0 aliphatic rings. The van der Waals surface area contributed by atoms with Crippen molar-refractivity contribution in [2.75, 3.05) is 11.1 Å². The molecule has 0 aliphatic carbocycles. The van der Waals surface area contributed by atoms with Crippen molar-refractivity contribution in [3.8, 4) is 0 Å². The van der Waals surface area contributed by atoms with Gasteiger partial charge in [0.25, 0.3) is 5.91 Å². The number of carbonyl (C=O) groups excluding carboxylic acids is 1. The molecule has 1 heterocycles. The number of anilines is 2. The summed E-state index contributed by atoms with van der Waals surface area (Å²) in [5, 5.41) is 2.28. The van der Waals surface area contributed by atoms with Crippen LogP contribution >= 0.6 is 0 Å². The molecule has 3 N–H and O–H groups in total. The van der Waals surface area contributed by atoms with Crippen LogP contribution < -0.4 is 11.1 Å². The molecule has 0 atom stereocenters. The maximum absolute atomic E-state index is 13.4. The van der Waals surface area contributed by atoms with Crippen molar-refractivity contribution in [2.45, 2.75) is 0 Å². The molecule has 0 fully saturated rings. The zero-order valence-corrected chi connectivity index (χ0v) is 9.15. The molecule has 1 aromatic carbocycles. The third-order valence-corrected chi connectivity index (χ3v) is 2.19. The second-order valence-electron chi connectivity index (χ2n) is 3.54. The fourth-order valence-corrected chi connectivity index (χ4v) is 1.38. The standard InChI is InChI=1S/C12H9F2N3O/c13-9-5-4-7(15)6-8(9)12(18)17-11-3-1-2-10(14)16-11/h1-6H,15H2,(H,16,17,18). The Morgan fingerprint density at radius 1 is 1.22 bits per heavy atom. The van der Waals surface area contributed by atoms with Crippen LogP contribution in [-0.2, 0) is 0 Å². The molecule has 18 heavy (non-hydrogen) atoms. The van der Waals surface area contributed by atoms with E-state index in [2.05, 4.69) is 10.3 Å². The van der Waals surface area contributed by atoms with Crippen molar-refractivity contribution in [3.63, 3.8) is 0 Å². The highest BCUT2D eigenvalue weighted by Gasteiger charge is 2.12.